The number of nitrogens with zero attached hydrogens (tertiary/aromatic N) is 2. The zero-order chi connectivity index (χ0) is 21.0. The van der Waals surface area contributed by atoms with E-state index in [2.05, 4.69) is 13.8 Å². The summed E-state index contributed by atoms with van der Waals surface area (Å²) in [5.74, 6) is 1.07. The predicted molar refractivity (Wildman–Crippen MR) is 114 cm³/mol. The lowest BCUT2D eigenvalue weighted by molar-refractivity contribution is -0.139. The van der Waals surface area contributed by atoms with E-state index >= 15 is 0 Å². The van der Waals surface area contributed by atoms with Crippen LogP contribution in [0.2, 0.25) is 0 Å². The number of para-hydroxylation sites is 1. The third-order valence-electron chi connectivity index (χ3n) is 5.37. The van der Waals surface area contributed by atoms with Crippen LogP contribution in [0.15, 0.2) is 48.5 Å². The summed E-state index contributed by atoms with van der Waals surface area (Å²) >= 11 is 0. The zero-order valence-corrected chi connectivity index (χ0v) is 17.7. The van der Waals surface area contributed by atoms with Crippen LogP contribution < -0.4 is 4.74 Å². The Morgan fingerprint density at radius 2 is 1.45 bits per heavy atom. The second kappa shape index (κ2) is 9.12. The van der Waals surface area contributed by atoms with Crippen molar-refractivity contribution >= 4 is 11.8 Å². The summed E-state index contributed by atoms with van der Waals surface area (Å²) in [6, 6.07) is 15.5. The number of hydrogen-bond donors (Lipinski definition) is 0. The summed E-state index contributed by atoms with van der Waals surface area (Å²) in [6.07, 6.45) is -0.561. The number of piperazine rings is 1. The minimum atomic E-state index is -0.561. The van der Waals surface area contributed by atoms with Gasteiger partial charge in [0.15, 0.2) is 6.10 Å². The van der Waals surface area contributed by atoms with Crippen molar-refractivity contribution in [3.63, 3.8) is 0 Å². The maximum absolute atomic E-state index is 12.9. The molecule has 0 N–H and O–H groups in total. The number of hydrogen-bond acceptors (Lipinski definition) is 3. The molecule has 0 radical (unpaired) electrons. The lowest BCUT2D eigenvalue weighted by Crippen LogP contribution is -2.53. The number of amides is 2. The highest BCUT2D eigenvalue weighted by Crippen LogP contribution is 2.27. The number of benzene rings is 2. The smallest absolute Gasteiger partial charge is 0.263 e. The van der Waals surface area contributed by atoms with Gasteiger partial charge in [0, 0.05) is 31.7 Å². The molecule has 5 nitrogen and oxygen atoms in total. The van der Waals surface area contributed by atoms with E-state index in [1.807, 2.05) is 60.4 Å². The zero-order valence-electron chi connectivity index (χ0n) is 17.7. The Kier molecular flexibility index (Phi) is 6.57. The Hall–Kier alpha value is -2.82. The van der Waals surface area contributed by atoms with Gasteiger partial charge in [-0.05, 0) is 43.5 Å². The SMILES string of the molecule is Cc1ccc(C(=O)N2CCN(C(=O)C(C)Oc3ccccc3C(C)C)CC2)cc1. The van der Waals surface area contributed by atoms with Gasteiger partial charge in [-0.15, -0.1) is 0 Å². The van der Waals surface area contributed by atoms with E-state index in [1.165, 1.54) is 0 Å². The van der Waals surface area contributed by atoms with Crippen LogP contribution in [-0.2, 0) is 4.79 Å². The normalized spacial score (nSPS) is 15.3. The largest absolute Gasteiger partial charge is 0.481 e. The molecule has 0 aliphatic carbocycles. The first kappa shape index (κ1) is 20.9. The van der Waals surface area contributed by atoms with Crippen molar-refractivity contribution in [2.75, 3.05) is 26.2 Å². The van der Waals surface area contributed by atoms with E-state index in [0.29, 0.717) is 37.7 Å². The minimum Gasteiger partial charge on any atom is -0.481 e. The molecule has 1 saturated heterocycles. The van der Waals surface area contributed by atoms with Crippen molar-refractivity contribution in [1.29, 1.82) is 0 Å². The average molecular weight is 395 g/mol. The summed E-state index contributed by atoms with van der Waals surface area (Å²) in [6.45, 7) is 10.1. The fourth-order valence-corrected chi connectivity index (χ4v) is 3.57. The molecule has 1 aliphatic rings. The molecule has 1 unspecified atom stereocenters. The summed E-state index contributed by atoms with van der Waals surface area (Å²) < 4.78 is 6.00. The third-order valence-corrected chi connectivity index (χ3v) is 5.37. The van der Waals surface area contributed by atoms with Gasteiger partial charge in [-0.3, -0.25) is 9.59 Å². The Morgan fingerprint density at radius 1 is 0.862 bits per heavy atom. The average Bonchev–Trinajstić information content (AvgIpc) is 2.73. The van der Waals surface area contributed by atoms with Gasteiger partial charge in [-0.25, -0.2) is 0 Å². The van der Waals surface area contributed by atoms with Gasteiger partial charge in [0.25, 0.3) is 11.8 Å². The molecular weight excluding hydrogens is 364 g/mol. The molecule has 1 heterocycles. The first-order chi connectivity index (χ1) is 13.9. The van der Waals surface area contributed by atoms with Crippen molar-refractivity contribution in [1.82, 2.24) is 9.80 Å². The van der Waals surface area contributed by atoms with Crippen molar-refractivity contribution < 1.29 is 14.3 Å². The molecule has 0 saturated carbocycles. The van der Waals surface area contributed by atoms with Crippen LogP contribution in [0.1, 0.15) is 48.2 Å². The summed E-state index contributed by atoms with van der Waals surface area (Å²) in [5.41, 5.74) is 2.92. The molecule has 0 spiro atoms. The Morgan fingerprint density at radius 3 is 2.07 bits per heavy atom. The highest BCUT2D eigenvalue weighted by atomic mass is 16.5. The minimum absolute atomic E-state index is 0.0206. The van der Waals surface area contributed by atoms with Crippen molar-refractivity contribution in [3.8, 4) is 5.75 Å². The monoisotopic (exact) mass is 394 g/mol. The van der Waals surface area contributed by atoms with E-state index in [9.17, 15) is 9.59 Å². The second-order valence-electron chi connectivity index (χ2n) is 7.94. The Labute approximate surface area is 173 Å². The van der Waals surface area contributed by atoms with E-state index in [0.717, 1.165) is 16.9 Å². The van der Waals surface area contributed by atoms with Gasteiger partial charge >= 0.3 is 0 Å². The Balaban J connectivity index is 1.57. The lowest BCUT2D eigenvalue weighted by Gasteiger charge is -2.36. The van der Waals surface area contributed by atoms with Crippen molar-refractivity contribution in [2.45, 2.75) is 39.7 Å². The number of aryl methyl sites for hydroxylation is 1. The van der Waals surface area contributed by atoms with Gasteiger partial charge in [0.2, 0.25) is 0 Å². The van der Waals surface area contributed by atoms with Crippen molar-refractivity contribution in [2.24, 2.45) is 0 Å². The molecule has 1 atom stereocenters. The standard InChI is InChI=1S/C24H30N2O3/c1-17(2)21-7-5-6-8-22(21)29-19(4)23(27)25-13-15-26(16-14-25)24(28)20-11-9-18(3)10-12-20/h5-12,17,19H,13-16H2,1-4H3. The quantitative estimate of drug-likeness (QED) is 0.774. The molecule has 0 aromatic heterocycles. The highest BCUT2D eigenvalue weighted by Gasteiger charge is 2.28. The van der Waals surface area contributed by atoms with Gasteiger partial charge in [-0.1, -0.05) is 49.7 Å². The number of rotatable bonds is 5. The van der Waals surface area contributed by atoms with Crippen molar-refractivity contribution in [3.05, 3.63) is 65.2 Å². The first-order valence-electron chi connectivity index (χ1n) is 10.3. The molecule has 2 amide bonds. The van der Waals surface area contributed by atoms with E-state index in [-0.39, 0.29) is 11.8 Å². The van der Waals surface area contributed by atoms with E-state index in [4.69, 9.17) is 4.74 Å². The van der Waals surface area contributed by atoms with E-state index < -0.39 is 6.10 Å². The molecule has 2 aromatic carbocycles. The van der Waals surface area contributed by atoms with E-state index in [1.54, 1.807) is 11.8 Å². The first-order valence-corrected chi connectivity index (χ1v) is 10.3. The maximum Gasteiger partial charge on any atom is 0.263 e. The molecule has 1 fully saturated rings. The molecule has 154 valence electrons. The highest BCUT2D eigenvalue weighted by molar-refractivity contribution is 5.94. The topological polar surface area (TPSA) is 49.9 Å². The predicted octanol–water partition coefficient (Wildman–Crippen LogP) is 3.87. The van der Waals surface area contributed by atoms with Gasteiger partial charge in [-0.2, -0.15) is 0 Å². The van der Waals surface area contributed by atoms with Crippen LogP contribution in [0.5, 0.6) is 5.75 Å². The fraction of sp³-hybridized carbons (Fsp3) is 0.417. The van der Waals surface area contributed by atoms with Crippen LogP contribution in [0, 0.1) is 6.92 Å². The molecule has 1 aliphatic heterocycles. The fourth-order valence-electron chi connectivity index (χ4n) is 3.57. The summed E-state index contributed by atoms with van der Waals surface area (Å²) in [5, 5.41) is 0. The van der Waals surface area contributed by atoms with Crippen LogP contribution in [0.4, 0.5) is 0 Å². The van der Waals surface area contributed by atoms with Crippen LogP contribution in [0.3, 0.4) is 0 Å². The van der Waals surface area contributed by atoms with Gasteiger partial charge in [0.05, 0.1) is 0 Å². The molecule has 3 rings (SSSR count). The number of carbonyl (C=O) groups is 2. The lowest BCUT2D eigenvalue weighted by atomic mass is 10.0. The Bertz CT molecular complexity index is 853. The maximum atomic E-state index is 12.9. The molecule has 0 bridgehead atoms. The molecule has 5 heteroatoms. The molecule has 2 aromatic rings. The summed E-state index contributed by atoms with van der Waals surface area (Å²) in [7, 11) is 0. The van der Waals surface area contributed by atoms with Crippen LogP contribution >= 0.6 is 0 Å². The molecular formula is C24H30N2O3. The molecule has 29 heavy (non-hydrogen) atoms. The van der Waals surface area contributed by atoms with Crippen LogP contribution in [0.25, 0.3) is 0 Å². The summed E-state index contributed by atoms with van der Waals surface area (Å²) in [4.78, 5) is 29.1. The van der Waals surface area contributed by atoms with Gasteiger partial charge in [0.1, 0.15) is 5.75 Å². The third kappa shape index (κ3) is 4.97. The van der Waals surface area contributed by atoms with Gasteiger partial charge < -0.3 is 14.5 Å². The number of ether oxygens (including phenoxy) is 1. The van der Waals surface area contributed by atoms with Crippen LogP contribution in [-0.4, -0.2) is 53.9 Å². The number of carbonyl (C=O) groups excluding carboxylic acids is 2. The second-order valence-corrected chi connectivity index (χ2v) is 7.94.